The van der Waals surface area contributed by atoms with E-state index in [1.165, 1.54) is 89.0 Å². The van der Waals surface area contributed by atoms with Gasteiger partial charge in [0, 0.05) is 0 Å². The Kier molecular flexibility index (Phi) is 16.1. The Bertz CT molecular complexity index is 564. The number of hydrogen-bond donors (Lipinski definition) is 0. The predicted molar refractivity (Wildman–Crippen MR) is 130 cm³/mol. The van der Waals surface area contributed by atoms with E-state index in [1.807, 2.05) is 12.1 Å². The highest BCUT2D eigenvalue weighted by molar-refractivity contribution is 5.78. The molecule has 170 valence electrons. The second-order valence-corrected chi connectivity index (χ2v) is 8.71. The van der Waals surface area contributed by atoms with Gasteiger partial charge in [-0.25, -0.2) is 0 Å². The Morgan fingerprint density at radius 1 is 0.867 bits per heavy atom. The summed E-state index contributed by atoms with van der Waals surface area (Å²) in [6.45, 7) is 8.30. The number of unbranched alkanes of at least 4 members (excludes halogenated alkanes) is 13. The number of benzene rings is 1. The van der Waals surface area contributed by atoms with Gasteiger partial charge >= 0.3 is 5.97 Å². The number of hydrogen-bond acceptors (Lipinski definition) is 2. The van der Waals surface area contributed by atoms with Crippen molar-refractivity contribution in [2.24, 2.45) is 0 Å². The topological polar surface area (TPSA) is 26.3 Å². The van der Waals surface area contributed by atoms with Gasteiger partial charge in [0.2, 0.25) is 0 Å². The summed E-state index contributed by atoms with van der Waals surface area (Å²) in [5, 5.41) is 0. The van der Waals surface area contributed by atoms with Gasteiger partial charge in [-0.15, -0.1) is 0 Å². The SMILES string of the molecule is C=CCOC(=O)C(CCCCCCCCCCCCCCCC)c1ccccc1C. The fraction of sp³-hybridized carbons (Fsp3) is 0.679. The van der Waals surface area contributed by atoms with Crippen LogP contribution in [0.1, 0.15) is 120 Å². The number of carbonyl (C=O) groups is 1. The lowest BCUT2D eigenvalue weighted by Gasteiger charge is -2.18. The van der Waals surface area contributed by atoms with Crippen molar-refractivity contribution in [2.75, 3.05) is 6.61 Å². The summed E-state index contributed by atoms with van der Waals surface area (Å²) in [5.74, 6) is -0.262. The van der Waals surface area contributed by atoms with Crippen LogP contribution in [0.5, 0.6) is 0 Å². The highest BCUT2D eigenvalue weighted by Crippen LogP contribution is 2.27. The number of esters is 1. The Balaban J connectivity index is 2.15. The molecule has 0 heterocycles. The van der Waals surface area contributed by atoms with Gasteiger partial charge in [0.15, 0.2) is 0 Å². The molecule has 1 unspecified atom stereocenters. The molecule has 0 spiro atoms. The van der Waals surface area contributed by atoms with E-state index >= 15 is 0 Å². The predicted octanol–water partition coefficient (Wildman–Crippen LogP) is 8.68. The molecular weight excluding hydrogens is 368 g/mol. The average Bonchev–Trinajstić information content (AvgIpc) is 2.75. The highest BCUT2D eigenvalue weighted by atomic mass is 16.5. The van der Waals surface area contributed by atoms with E-state index in [4.69, 9.17) is 4.74 Å². The van der Waals surface area contributed by atoms with Crippen LogP contribution in [-0.2, 0) is 9.53 Å². The number of carbonyl (C=O) groups excluding carboxylic acids is 1. The van der Waals surface area contributed by atoms with Gasteiger partial charge in [-0.2, -0.15) is 0 Å². The second-order valence-electron chi connectivity index (χ2n) is 8.71. The summed E-state index contributed by atoms with van der Waals surface area (Å²) in [6, 6.07) is 8.19. The average molecular weight is 415 g/mol. The molecule has 0 radical (unpaired) electrons. The second kappa shape index (κ2) is 18.2. The zero-order valence-corrected chi connectivity index (χ0v) is 19.8. The lowest BCUT2D eigenvalue weighted by Crippen LogP contribution is -2.17. The number of aryl methyl sites for hydroxylation is 1. The first-order valence-corrected chi connectivity index (χ1v) is 12.5. The largest absolute Gasteiger partial charge is 0.461 e. The molecule has 0 aliphatic rings. The number of rotatable bonds is 19. The molecule has 0 bridgehead atoms. The maximum atomic E-state index is 12.5. The quantitative estimate of drug-likeness (QED) is 0.128. The minimum atomic E-state index is -0.150. The van der Waals surface area contributed by atoms with Gasteiger partial charge in [-0.05, 0) is 24.5 Å². The highest BCUT2D eigenvalue weighted by Gasteiger charge is 2.22. The minimum absolute atomic E-state index is 0.112. The Labute approximate surface area is 186 Å². The third-order valence-corrected chi connectivity index (χ3v) is 6.04. The van der Waals surface area contributed by atoms with Gasteiger partial charge in [0.25, 0.3) is 0 Å². The molecule has 2 nitrogen and oxygen atoms in total. The maximum absolute atomic E-state index is 12.5. The van der Waals surface area contributed by atoms with Crippen LogP contribution >= 0.6 is 0 Å². The standard InChI is InChI=1S/C28H46O2/c1-4-6-7-8-9-10-11-12-13-14-15-16-17-18-23-27(28(29)30-24-5-2)26-22-20-19-21-25(26)3/h5,19-22,27H,2,4,6-18,23-24H2,1,3H3. The van der Waals surface area contributed by atoms with Crippen LogP contribution < -0.4 is 0 Å². The minimum Gasteiger partial charge on any atom is -0.461 e. The van der Waals surface area contributed by atoms with Crippen LogP contribution in [-0.4, -0.2) is 12.6 Å². The summed E-state index contributed by atoms with van der Waals surface area (Å²) < 4.78 is 5.38. The van der Waals surface area contributed by atoms with E-state index in [0.29, 0.717) is 6.61 Å². The van der Waals surface area contributed by atoms with Gasteiger partial charge in [0.05, 0.1) is 5.92 Å². The van der Waals surface area contributed by atoms with E-state index < -0.39 is 0 Å². The molecule has 0 aliphatic heterocycles. The smallest absolute Gasteiger partial charge is 0.313 e. The first-order valence-electron chi connectivity index (χ1n) is 12.5. The third kappa shape index (κ3) is 12.2. The summed E-state index contributed by atoms with van der Waals surface area (Å²) in [4.78, 5) is 12.5. The van der Waals surface area contributed by atoms with Gasteiger partial charge in [-0.3, -0.25) is 4.79 Å². The van der Waals surface area contributed by atoms with Crippen molar-refractivity contribution < 1.29 is 9.53 Å². The first kappa shape index (κ1) is 26.5. The Morgan fingerprint density at radius 3 is 1.87 bits per heavy atom. The zero-order valence-electron chi connectivity index (χ0n) is 19.8. The summed E-state index contributed by atoms with van der Waals surface area (Å²) in [6.07, 6.45) is 21.4. The Hall–Kier alpha value is -1.57. The molecule has 0 amide bonds. The van der Waals surface area contributed by atoms with Gasteiger partial charge in [0.1, 0.15) is 6.61 Å². The van der Waals surface area contributed by atoms with Crippen LogP contribution in [0.3, 0.4) is 0 Å². The van der Waals surface area contributed by atoms with Crippen molar-refractivity contribution in [1.82, 2.24) is 0 Å². The van der Waals surface area contributed by atoms with E-state index in [0.717, 1.165) is 18.4 Å². The van der Waals surface area contributed by atoms with Crippen molar-refractivity contribution in [3.63, 3.8) is 0 Å². The van der Waals surface area contributed by atoms with E-state index in [9.17, 15) is 4.79 Å². The zero-order chi connectivity index (χ0) is 21.9. The fourth-order valence-electron chi connectivity index (χ4n) is 4.16. The molecule has 30 heavy (non-hydrogen) atoms. The number of ether oxygens (including phenoxy) is 1. The summed E-state index contributed by atoms with van der Waals surface area (Å²) in [7, 11) is 0. The molecule has 0 fully saturated rings. The monoisotopic (exact) mass is 414 g/mol. The maximum Gasteiger partial charge on any atom is 0.313 e. The lowest BCUT2D eigenvalue weighted by molar-refractivity contribution is -0.144. The molecule has 1 aromatic rings. The molecule has 0 aromatic heterocycles. The molecule has 1 aromatic carbocycles. The molecule has 1 rings (SSSR count). The van der Waals surface area contributed by atoms with Crippen LogP contribution in [0.25, 0.3) is 0 Å². The van der Waals surface area contributed by atoms with Crippen molar-refractivity contribution in [3.8, 4) is 0 Å². The van der Waals surface area contributed by atoms with Crippen LogP contribution in [0.2, 0.25) is 0 Å². The molecule has 0 saturated carbocycles. The molecule has 0 saturated heterocycles. The van der Waals surface area contributed by atoms with Crippen molar-refractivity contribution in [2.45, 2.75) is 116 Å². The molecule has 1 atom stereocenters. The van der Waals surface area contributed by atoms with Crippen LogP contribution in [0.15, 0.2) is 36.9 Å². The Morgan fingerprint density at radius 2 is 1.37 bits per heavy atom. The normalized spacial score (nSPS) is 11.9. The van der Waals surface area contributed by atoms with Crippen LogP contribution in [0, 0.1) is 6.92 Å². The molecule has 0 N–H and O–H groups in total. The lowest BCUT2D eigenvalue weighted by atomic mass is 9.90. The molecule has 0 aliphatic carbocycles. The molecule has 2 heteroatoms. The van der Waals surface area contributed by atoms with Crippen molar-refractivity contribution in [3.05, 3.63) is 48.0 Å². The fourth-order valence-corrected chi connectivity index (χ4v) is 4.16. The van der Waals surface area contributed by atoms with Crippen molar-refractivity contribution >= 4 is 5.97 Å². The van der Waals surface area contributed by atoms with E-state index in [2.05, 4.69) is 32.6 Å². The molecular formula is C28H46O2. The summed E-state index contributed by atoms with van der Waals surface area (Å²) in [5.41, 5.74) is 2.28. The first-order chi connectivity index (χ1) is 14.7. The van der Waals surface area contributed by atoms with E-state index in [1.54, 1.807) is 6.08 Å². The van der Waals surface area contributed by atoms with Gasteiger partial charge in [-0.1, -0.05) is 134 Å². The van der Waals surface area contributed by atoms with Crippen LogP contribution in [0.4, 0.5) is 0 Å². The van der Waals surface area contributed by atoms with Gasteiger partial charge < -0.3 is 4.74 Å². The van der Waals surface area contributed by atoms with Crippen molar-refractivity contribution in [1.29, 1.82) is 0 Å². The van der Waals surface area contributed by atoms with E-state index in [-0.39, 0.29) is 11.9 Å². The third-order valence-electron chi connectivity index (χ3n) is 6.04. The summed E-state index contributed by atoms with van der Waals surface area (Å²) >= 11 is 0.